The quantitative estimate of drug-likeness (QED) is 0.771. The Morgan fingerprint density at radius 1 is 1.50 bits per heavy atom. The first-order chi connectivity index (χ1) is 7.74. The van der Waals surface area contributed by atoms with E-state index in [9.17, 15) is 5.11 Å². The summed E-state index contributed by atoms with van der Waals surface area (Å²) < 4.78 is 1.64. The second kappa shape index (κ2) is 3.45. The predicted molar refractivity (Wildman–Crippen MR) is 59.5 cm³/mol. The maximum atomic E-state index is 9.65. The van der Waals surface area contributed by atoms with E-state index in [0.717, 1.165) is 25.3 Å². The predicted octanol–water partition coefficient (Wildman–Crippen LogP) is 0.854. The van der Waals surface area contributed by atoms with E-state index in [-0.39, 0.29) is 5.75 Å². The molecule has 0 amide bonds. The summed E-state index contributed by atoms with van der Waals surface area (Å²) in [5.41, 5.74) is 0.548. The van der Waals surface area contributed by atoms with Crippen molar-refractivity contribution in [3.05, 3.63) is 24.2 Å². The van der Waals surface area contributed by atoms with E-state index >= 15 is 0 Å². The van der Waals surface area contributed by atoms with Crippen LogP contribution in [0.4, 0.5) is 0 Å². The Labute approximate surface area is 93.3 Å². The summed E-state index contributed by atoms with van der Waals surface area (Å²) in [6, 6.07) is 3.40. The number of rotatable bonds is 1. The third kappa shape index (κ3) is 1.44. The number of nitrogens with zero attached hydrogens (tertiary/aromatic N) is 4. The molecule has 1 aliphatic heterocycles. The van der Waals surface area contributed by atoms with Crippen LogP contribution in [0.25, 0.3) is 5.65 Å². The molecule has 0 saturated carbocycles. The van der Waals surface area contributed by atoms with Crippen LogP contribution < -0.4 is 0 Å². The Morgan fingerprint density at radius 3 is 3.06 bits per heavy atom. The number of aromatic hydroxyl groups is 1. The second-order valence-electron chi connectivity index (χ2n) is 4.38. The van der Waals surface area contributed by atoms with Crippen LogP contribution in [-0.2, 0) is 0 Å². The van der Waals surface area contributed by atoms with Crippen LogP contribution in [0.15, 0.2) is 18.3 Å². The van der Waals surface area contributed by atoms with Gasteiger partial charge in [0.25, 0.3) is 0 Å². The Balaban J connectivity index is 2.02. The molecule has 2 aromatic heterocycles. The lowest BCUT2D eigenvalue weighted by Crippen LogP contribution is -2.13. The molecule has 5 heteroatoms. The molecule has 3 heterocycles. The molecule has 1 atom stereocenters. The highest BCUT2D eigenvalue weighted by molar-refractivity contribution is 5.51. The van der Waals surface area contributed by atoms with Gasteiger partial charge in [0.15, 0.2) is 17.2 Å². The molecule has 2 aromatic rings. The summed E-state index contributed by atoms with van der Waals surface area (Å²) >= 11 is 0. The maximum absolute atomic E-state index is 9.65. The lowest BCUT2D eigenvalue weighted by molar-refractivity contribution is 0.409. The molecule has 1 saturated heterocycles. The molecule has 1 N–H and O–H groups in total. The highest BCUT2D eigenvalue weighted by Crippen LogP contribution is 2.25. The average Bonchev–Trinajstić information content (AvgIpc) is 2.84. The van der Waals surface area contributed by atoms with Crippen molar-refractivity contribution >= 4 is 5.65 Å². The largest absolute Gasteiger partial charge is 0.504 e. The summed E-state index contributed by atoms with van der Waals surface area (Å²) in [6.07, 6.45) is 2.90. The molecule has 0 aliphatic carbocycles. The molecule has 0 bridgehead atoms. The summed E-state index contributed by atoms with van der Waals surface area (Å²) in [5, 5.41) is 14.1. The number of hydrogen-bond acceptors (Lipinski definition) is 4. The van der Waals surface area contributed by atoms with Crippen LogP contribution in [0, 0.1) is 0 Å². The van der Waals surface area contributed by atoms with E-state index in [2.05, 4.69) is 22.0 Å². The van der Waals surface area contributed by atoms with E-state index in [1.54, 1.807) is 16.6 Å². The molecule has 0 aromatic carbocycles. The maximum Gasteiger partial charge on any atom is 0.197 e. The standard InChI is InChI=1S/C11H14N4O/c1-14-6-4-8(7-14)10-12-11-9(16)3-2-5-15(11)13-10/h2-3,5,8,16H,4,6-7H2,1H3. The van der Waals surface area contributed by atoms with Gasteiger partial charge in [-0.25, -0.2) is 9.50 Å². The first kappa shape index (κ1) is 9.59. The first-order valence-corrected chi connectivity index (χ1v) is 5.47. The summed E-state index contributed by atoms with van der Waals surface area (Å²) in [5.74, 6) is 1.42. The van der Waals surface area contributed by atoms with Crippen molar-refractivity contribution in [1.82, 2.24) is 19.5 Å². The lowest BCUT2D eigenvalue weighted by Gasteiger charge is -2.05. The van der Waals surface area contributed by atoms with E-state index in [4.69, 9.17) is 0 Å². The van der Waals surface area contributed by atoms with Crippen LogP contribution in [-0.4, -0.2) is 44.7 Å². The minimum atomic E-state index is 0.188. The molecule has 3 rings (SSSR count). The Morgan fingerprint density at radius 2 is 2.38 bits per heavy atom. The summed E-state index contributed by atoms with van der Waals surface area (Å²) in [4.78, 5) is 6.68. The molecule has 84 valence electrons. The summed E-state index contributed by atoms with van der Waals surface area (Å²) in [6.45, 7) is 2.09. The number of likely N-dealkylation sites (tertiary alicyclic amines) is 1. The van der Waals surface area contributed by atoms with Gasteiger partial charge in [0.2, 0.25) is 0 Å². The average molecular weight is 218 g/mol. The third-order valence-corrected chi connectivity index (χ3v) is 3.11. The minimum absolute atomic E-state index is 0.188. The molecule has 1 unspecified atom stereocenters. The van der Waals surface area contributed by atoms with E-state index in [1.807, 2.05) is 6.20 Å². The number of hydrogen-bond donors (Lipinski definition) is 1. The number of likely N-dealkylation sites (N-methyl/N-ethyl adjacent to an activating group) is 1. The van der Waals surface area contributed by atoms with Gasteiger partial charge in [0.1, 0.15) is 0 Å². The van der Waals surface area contributed by atoms with Crippen molar-refractivity contribution in [1.29, 1.82) is 0 Å². The molecule has 0 radical (unpaired) electrons. The molecule has 1 aliphatic rings. The van der Waals surface area contributed by atoms with Gasteiger partial charge in [-0.15, -0.1) is 0 Å². The zero-order valence-corrected chi connectivity index (χ0v) is 9.17. The van der Waals surface area contributed by atoms with Gasteiger partial charge in [0, 0.05) is 18.7 Å². The highest BCUT2D eigenvalue weighted by atomic mass is 16.3. The minimum Gasteiger partial charge on any atom is -0.504 e. The number of fused-ring (bicyclic) bond motifs is 1. The molecular formula is C11H14N4O. The van der Waals surface area contributed by atoms with Gasteiger partial charge in [0.05, 0.1) is 0 Å². The fraction of sp³-hybridized carbons (Fsp3) is 0.455. The molecule has 16 heavy (non-hydrogen) atoms. The normalized spacial score (nSPS) is 21.9. The zero-order chi connectivity index (χ0) is 11.1. The van der Waals surface area contributed by atoms with Crippen molar-refractivity contribution in [3.8, 4) is 5.75 Å². The van der Waals surface area contributed by atoms with Gasteiger partial charge < -0.3 is 10.0 Å². The van der Waals surface area contributed by atoms with Gasteiger partial charge in [-0.2, -0.15) is 5.10 Å². The fourth-order valence-electron chi connectivity index (χ4n) is 2.23. The Hall–Kier alpha value is -1.62. The van der Waals surface area contributed by atoms with Crippen molar-refractivity contribution in [2.75, 3.05) is 20.1 Å². The Bertz CT molecular complexity index is 522. The lowest BCUT2D eigenvalue weighted by atomic mass is 10.1. The molecule has 5 nitrogen and oxygen atoms in total. The van der Waals surface area contributed by atoms with Crippen LogP contribution in [0.3, 0.4) is 0 Å². The smallest absolute Gasteiger partial charge is 0.197 e. The monoisotopic (exact) mass is 218 g/mol. The van der Waals surface area contributed by atoms with E-state index in [1.165, 1.54) is 0 Å². The SMILES string of the molecule is CN1CCC(c2nc3c(O)cccn3n2)C1. The van der Waals surface area contributed by atoms with Gasteiger partial charge >= 0.3 is 0 Å². The van der Waals surface area contributed by atoms with Crippen molar-refractivity contribution in [3.63, 3.8) is 0 Å². The third-order valence-electron chi connectivity index (χ3n) is 3.11. The van der Waals surface area contributed by atoms with Crippen molar-refractivity contribution < 1.29 is 5.11 Å². The van der Waals surface area contributed by atoms with Crippen LogP contribution in [0.2, 0.25) is 0 Å². The van der Waals surface area contributed by atoms with Crippen LogP contribution in [0.1, 0.15) is 18.2 Å². The van der Waals surface area contributed by atoms with E-state index < -0.39 is 0 Å². The Kier molecular flexibility index (Phi) is 2.07. The number of aromatic nitrogens is 3. The van der Waals surface area contributed by atoms with Crippen LogP contribution in [0.5, 0.6) is 5.75 Å². The summed E-state index contributed by atoms with van der Waals surface area (Å²) in [7, 11) is 2.10. The molecular weight excluding hydrogens is 204 g/mol. The van der Waals surface area contributed by atoms with Gasteiger partial charge in [-0.05, 0) is 32.1 Å². The highest BCUT2D eigenvalue weighted by Gasteiger charge is 2.25. The number of pyridine rings is 1. The van der Waals surface area contributed by atoms with E-state index in [0.29, 0.717) is 11.6 Å². The molecule has 1 fully saturated rings. The fourth-order valence-corrected chi connectivity index (χ4v) is 2.23. The van der Waals surface area contributed by atoms with Crippen LogP contribution >= 0.6 is 0 Å². The van der Waals surface area contributed by atoms with Crippen molar-refractivity contribution in [2.45, 2.75) is 12.3 Å². The van der Waals surface area contributed by atoms with Gasteiger partial charge in [-0.1, -0.05) is 0 Å². The zero-order valence-electron chi connectivity index (χ0n) is 9.17. The molecule has 0 spiro atoms. The first-order valence-electron chi connectivity index (χ1n) is 5.47. The van der Waals surface area contributed by atoms with Gasteiger partial charge in [-0.3, -0.25) is 0 Å². The second-order valence-corrected chi connectivity index (χ2v) is 4.38. The topological polar surface area (TPSA) is 53.7 Å². The van der Waals surface area contributed by atoms with Crippen molar-refractivity contribution in [2.24, 2.45) is 0 Å².